The standard InChI is InChI=1S/C7H10Br2O5/c8-1-6(11)13-3-5(10)4-14-7(12)2-9/h5,10H,1-4H2. The zero-order valence-corrected chi connectivity index (χ0v) is 10.4. The molecule has 1 N–H and O–H groups in total. The molecule has 0 aromatic rings. The monoisotopic (exact) mass is 332 g/mol. The fourth-order valence-corrected chi connectivity index (χ4v) is 0.827. The first-order valence-corrected chi connectivity index (χ1v) is 5.95. The molecule has 0 heterocycles. The molecule has 0 fully saturated rings. The first kappa shape index (κ1) is 13.9. The summed E-state index contributed by atoms with van der Waals surface area (Å²) in [4.78, 5) is 21.2. The Kier molecular flexibility index (Phi) is 8.11. The maximum Gasteiger partial charge on any atom is 0.316 e. The summed E-state index contributed by atoms with van der Waals surface area (Å²) in [5.41, 5.74) is 0. The molecule has 0 rings (SSSR count). The van der Waals surface area contributed by atoms with Crippen molar-refractivity contribution in [1.82, 2.24) is 0 Å². The van der Waals surface area contributed by atoms with Crippen molar-refractivity contribution in [2.24, 2.45) is 0 Å². The lowest BCUT2D eigenvalue weighted by atomic mass is 10.4. The molecule has 82 valence electrons. The summed E-state index contributed by atoms with van der Waals surface area (Å²) in [6, 6.07) is 0. The number of carbonyl (C=O) groups excluding carboxylic acids is 2. The molecule has 7 heteroatoms. The summed E-state index contributed by atoms with van der Waals surface area (Å²) in [7, 11) is 0. The molecule has 0 aromatic heterocycles. The predicted molar refractivity (Wildman–Crippen MR) is 55.5 cm³/mol. The number of hydrogen-bond donors (Lipinski definition) is 1. The number of alkyl halides is 2. The van der Waals surface area contributed by atoms with Gasteiger partial charge in [-0.2, -0.15) is 0 Å². The van der Waals surface area contributed by atoms with Crippen molar-refractivity contribution in [2.45, 2.75) is 6.10 Å². The molecule has 0 aliphatic heterocycles. The first-order valence-electron chi connectivity index (χ1n) is 3.71. The minimum Gasteiger partial charge on any atom is -0.462 e. The van der Waals surface area contributed by atoms with Crippen LogP contribution in [0.3, 0.4) is 0 Å². The van der Waals surface area contributed by atoms with Crippen LogP contribution in [0.4, 0.5) is 0 Å². The second-order valence-electron chi connectivity index (χ2n) is 2.29. The zero-order chi connectivity index (χ0) is 11.0. The number of carbonyl (C=O) groups is 2. The van der Waals surface area contributed by atoms with Crippen LogP contribution in [-0.2, 0) is 19.1 Å². The van der Waals surface area contributed by atoms with Crippen LogP contribution < -0.4 is 0 Å². The van der Waals surface area contributed by atoms with E-state index in [1.54, 1.807) is 0 Å². The highest BCUT2D eigenvalue weighted by Crippen LogP contribution is 1.93. The van der Waals surface area contributed by atoms with E-state index in [4.69, 9.17) is 5.11 Å². The van der Waals surface area contributed by atoms with Crippen molar-refractivity contribution in [3.63, 3.8) is 0 Å². The van der Waals surface area contributed by atoms with Gasteiger partial charge in [0.15, 0.2) is 0 Å². The molecule has 0 saturated heterocycles. The fourth-order valence-electron chi connectivity index (χ4n) is 0.504. The third-order valence-electron chi connectivity index (χ3n) is 1.09. The van der Waals surface area contributed by atoms with Crippen molar-refractivity contribution >= 4 is 43.8 Å². The number of halogens is 2. The van der Waals surface area contributed by atoms with Crippen LogP contribution in [0.1, 0.15) is 0 Å². The molecular formula is C7H10Br2O5. The molecule has 14 heavy (non-hydrogen) atoms. The van der Waals surface area contributed by atoms with Crippen LogP contribution in [0.15, 0.2) is 0 Å². The topological polar surface area (TPSA) is 72.8 Å². The molecule has 0 aliphatic carbocycles. The molecule has 0 aliphatic rings. The third kappa shape index (κ3) is 7.28. The van der Waals surface area contributed by atoms with Crippen LogP contribution in [-0.4, -0.2) is 47.0 Å². The second-order valence-corrected chi connectivity index (χ2v) is 3.41. The third-order valence-corrected chi connectivity index (χ3v) is 2.01. The molecule has 0 amide bonds. The van der Waals surface area contributed by atoms with Gasteiger partial charge in [0.05, 0.1) is 0 Å². The summed E-state index contributed by atoms with van der Waals surface area (Å²) in [6.45, 7) is -0.361. The quantitative estimate of drug-likeness (QED) is 0.556. The van der Waals surface area contributed by atoms with Crippen LogP contribution >= 0.6 is 31.9 Å². The Balaban J connectivity index is 3.50. The van der Waals surface area contributed by atoms with Gasteiger partial charge in [0.1, 0.15) is 30.0 Å². The van der Waals surface area contributed by atoms with Crippen LogP contribution in [0.25, 0.3) is 0 Å². The summed E-state index contributed by atoms with van der Waals surface area (Å²) in [6.07, 6.45) is -0.985. The van der Waals surface area contributed by atoms with Gasteiger partial charge in [-0.25, -0.2) is 0 Å². The number of ether oxygens (including phenoxy) is 2. The van der Waals surface area contributed by atoms with Gasteiger partial charge in [-0.3, -0.25) is 9.59 Å². The van der Waals surface area contributed by atoms with Crippen molar-refractivity contribution < 1.29 is 24.2 Å². The fraction of sp³-hybridized carbons (Fsp3) is 0.714. The molecule has 0 atom stereocenters. The molecule has 5 nitrogen and oxygen atoms in total. The van der Waals surface area contributed by atoms with E-state index < -0.39 is 18.0 Å². The van der Waals surface area contributed by atoms with Gasteiger partial charge in [-0.05, 0) is 0 Å². The number of rotatable bonds is 6. The lowest BCUT2D eigenvalue weighted by Gasteiger charge is -2.10. The van der Waals surface area contributed by atoms with Gasteiger partial charge in [0.25, 0.3) is 0 Å². The molecule has 0 spiro atoms. The van der Waals surface area contributed by atoms with Crippen molar-refractivity contribution in [3.8, 4) is 0 Å². The second kappa shape index (κ2) is 8.19. The predicted octanol–water partition coefficient (Wildman–Crippen LogP) is 0.223. The summed E-state index contributed by atoms with van der Waals surface area (Å²) in [5, 5.41) is 9.29. The zero-order valence-electron chi connectivity index (χ0n) is 7.24. The van der Waals surface area contributed by atoms with Gasteiger partial charge in [-0.1, -0.05) is 31.9 Å². The van der Waals surface area contributed by atoms with Crippen LogP contribution in [0.5, 0.6) is 0 Å². The number of hydrogen-bond acceptors (Lipinski definition) is 5. The van der Waals surface area contributed by atoms with E-state index in [1.165, 1.54) is 0 Å². The smallest absolute Gasteiger partial charge is 0.316 e. The minimum atomic E-state index is -0.985. The number of esters is 2. The van der Waals surface area contributed by atoms with E-state index in [9.17, 15) is 9.59 Å². The van der Waals surface area contributed by atoms with E-state index in [1.807, 2.05) is 0 Å². The van der Waals surface area contributed by atoms with Crippen molar-refractivity contribution in [2.75, 3.05) is 23.9 Å². The normalized spacial score (nSPS) is 10.0. The molecule has 0 aromatic carbocycles. The highest BCUT2D eigenvalue weighted by Gasteiger charge is 2.10. The minimum absolute atomic E-state index is 0.0703. The first-order chi connectivity index (χ1) is 6.60. The van der Waals surface area contributed by atoms with E-state index in [2.05, 4.69) is 41.3 Å². The largest absolute Gasteiger partial charge is 0.462 e. The van der Waals surface area contributed by atoms with E-state index in [0.717, 1.165) is 0 Å². The van der Waals surface area contributed by atoms with E-state index in [0.29, 0.717) is 0 Å². The van der Waals surface area contributed by atoms with Gasteiger partial charge in [-0.15, -0.1) is 0 Å². The highest BCUT2D eigenvalue weighted by atomic mass is 79.9. The molecule has 0 radical (unpaired) electrons. The highest BCUT2D eigenvalue weighted by molar-refractivity contribution is 9.09. The lowest BCUT2D eigenvalue weighted by molar-refractivity contribution is -0.148. The average molecular weight is 334 g/mol. The number of aliphatic hydroxyl groups excluding tert-OH is 1. The summed E-state index contributed by atoms with van der Waals surface area (Å²) < 4.78 is 9.16. The Labute approximate surface area is 98.0 Å². The van der Waals surface area contributed by atoms with Crippen molar-refractivity contribution in [3.05, 3.63) is 0 Å². The Hall–Kier alpha value is -0.140. The maximum absolute atomic E-state index is 10.6. The van der Waals surface area contributed by atoms with E-state index in [-0.39, 0.29) is 23.9 Å². The molecule has 0 saturated carbocycles. The SMILES string of the molecule is O=C(CBr)OCC(O)COC(=O)CBr. The van der Waals surface area contributed by atoms with Crippen molar-refractivity contribution in [1.29, 1.82) is 0 Å². The Bertz CT molecular complexity index is 177. The lowest BCUT2D eigenvalue weighted by Crippen LogP contribution is -2.25. The molecule has 0 bridgehead atoms. The molecular weight excluding hydrogens is 324 g/mol. The van der Waals surface area contributed by atoms with Gasteiger partial charge in [0.2, 0.25) is 0 Å². The van der Waals surface area contributed by atoms with Crippen LogP contribution in [0.2, 0.25) is 0 Å². The summed E-state index contributed by atoms with van der Waals surface area (Å²) >= 11 is 5.78. The summed E-state index contributed by atoms with van der Waals surface area (Å²) in [5.74, 6) is -0.952. The van der Waals surface area contributed by atoms with Gasteiger partial charge >= 0.3 is 11.9 Å². The van der Waals surface area contributed by atoms with Gasteiger partial charge < -0.3 is 14.6 Å². The average Bonchev–Trinajstić information content (AvgIpc) is 2.22. The Morgan fingerprint density at radius 1 is 1.07 bits per heavy atom. The molecule has 0 unspecified atom stereocenters. The van der Waals surface area contributed by atoms with Crippen LogP contribution in [0, 0.1) is 0 Å². The number of aliphatic hydroxyl groups is 1. The van der Waals surface area contributed by atoms with E-state index >= 15 is 0 Å². The Morgan fingerprint density at radius 2 is 1.43 bits per heavy atom. The maximum atomic E-state index is 10.6. The van der Waals surface area contributed by atoms with Gasteiger partial charge in [0, 0.05) is 0 Å². The Morgan fingerprint density at radius 3 is 1.71 bits per heavy atom.